The summed E-state index contributed by atoms with van der Waals surface area (Å²) in [5.41, 5.74) is 0.189. The third kappa shape index (κ3) is 6.11. The molecule has 21 heavy (non-hydrogen) atoms. The second-order valence-corrected chi connectivity index (χ2v) is 3.77. The molecule has 0 fully saturated rings. The topological polar surface area (TPSA) is 94.6 Å². The zero-order valence-corrected chi connectivity index (χ0v) is 13.2. The van der Waals surface area contributed by atoms with Gasteiger partial charge in [-0.25, -0.2) is 9.97 Å². The fourth-order valence-electron chi connectivity index (χ4n) is 1.51. The molecule has 8 nitrogen and oxygen atoms in total. The lowest BCUT2D eigenvalue weighted by molar-refractivity contribution is 0.0945. The van der Waals surface area contributed by atoms with E-state index in [1.54, 1.807) is 7.11 Å². The van der Waals surface area contributed by atoms with Crippen LogP contribution in [0.25, 0.3) is 0 Å². The van der Waals surface area contributed by atoms with Gasteiger partial charge in [0.15, 0.2) is 5.56 Å². The number of halogens is 1. The third-order valence-corrected chi connectivity index (χ3v) is 2.46. The minimum Gasteiger partial charge on any atom is -0.480 e. The zero-order chi connectivity index (χ0) is 14.8. The van der Waals surface area contributed by atoms with Gasteiger partial charge in [-0.3, -0.25) is 4.79 Å². The number of aromatic nitrogens is 2. The average Bonchev–Trinajstić information content (AvgIpc) is 2.49. The Labute approximate surface area is 130 Å². The number of methoxy groups -OCH3 is 3. The van der Waals surface area contributed by atoms with Gasteiger partial charge in [-0.05, 0) is 0 Å². The van der Waals surface area contributed by atoms with E-state index in [1.165, 1.54) is 20.5 Å². The van der Waals surface area contributed by atoms with Crippen molar-refractivity contribution in [1.82, 2.24) is 20.6 Å². The van der Waals surface area contributed by atoms with Crippen LogP contribution in [-0.4, -0.2) is 63.4 Å². The molecule has 0 aliphatic heterocycles. The smallest absolute Gasteiger partial charge is 0.262 e. The summed E-state index contributed by atoms with van der Waals surface area (Å²) in [6.45, 7) is 2.45. The highest BCUT2D eigenvalue weighted by Crippen LogP contribution is 2.22. The summed E-state index contributed by atoms with van der Waals surface area (Å²) < 4.78 is 15.0. The Bertz CT molecular complexity index is 411. The number of hydrogen-bond acceptors (Lipinski definition) is 7. The quantitative estimate of drug-likeness (QED) is 0.613. The third-order valence-electron chi connectivity index (χ3n) is 2.46. The van der Waals surface area contributed by atoms with E-state index in [0.29, 0.717) is 19.7 Å². The normalized spacial score (nSPS) is 9.67. The first kappa shape index (κ1) is 19.4. The van der Waals surface area contributed by atoms with Crippen molar-refractivity contribution in [3.63, 3.8) is 0 Å². The molecule has 0 radical (unpaired) electrons. The number of carbonyl (C=O) groups is 1. The summed E-state index contributed by atoms with van der Waals surface area (Å²) in [6.07, 6.45) is 1.28. The van der Waals surface area contributed by atoms with Gasteiger partial charge >= 0.3 is 0 Å². The molecule has 9 heteroatoms. The monoisotopic (exact) mass is 320 g/mol. The second-order valence-electron chi connectivity index (χ2n) is 3.77. The van der Waals surface area contributed by atoms with Crippen molar-refractivity contribution < 1.29 is 19.0 Å². The largest absolute Gasteiger partial charge is 0.480 e. The summed E-state index contributed by atoms with van der Waals surface area (Å²) in [4.78, 5) is 19.9. The highest BCUT2D eigenvalue weighted by Gasteiger charge is 2.20. The van der Waals surface area contributed by atoms with Gasteiger partial charge in [0.1, 0.15) is 6.33 Å². The first-order chi connectivity index (χ1) is 9.74. The maximum atomic E-state index is 12.1. The lowest BCUT2D eigenvalue weighted by atomic mass is 10.3. The molecule has 0 saturated carbocycles. The highest BCUT2D eigenvalue weighted by atomic mass is 35.5. The number of hydrogen-bond donors (Lipinski definition) is 2. The van der Waals surface area contributed by atoms with E-state index in [4.69, 9.17) is 14.2 Å². The minimum absolute atomic E-state index is 0. The average molecular weight is 321 g/mol. The van der Waals surface area contributed by atoms with Gasteiger partial charge in [0.2, 0.25) is 11.8 Å². The molecular weight excluding hydrogens is 300 g/mol. The molecule has 1 heterocycles. The van der Waals surface area contributed by atoms with Gasteiger partial charge in [-0.15, -0.1) is 12.4 Å². The van der Waals surface area contributed by atoms with Gasteiger partial charge in [-0.2, -0.15) is 0 Å². The Morgan fingerprint density at radius 3 is 2.24 bits per heavy atom. The van der Waals surface area contributed by atoms with Crippen molar-refractivity contribution in [2.24, 2.45) is 0 Å². The highest BCUT2D eigenvalue weighted by molar-refractivity contribution is 5.98. The minimum atomic E-state index is -0.340. The van der Waals surface area contributed by atoms with Crippen LogP contribution >= 0.6 is 12.4 Å². The summed E-state index contributed by atoms with van der Waals surface area (Å²) in [7, 11) is 4.51. The summed E-state index contributed by atoms with van der Waals surface area (Å²) in [5.74, 6) is 0.0243. The summed E-state index contributed by atoms with van der Waals surface area (Å²) >= 11 is 0. The molecule has 0 saturated heterocycles. The molecule has 0 spiro atoms. The first-order valence-corrected chi connectivity index (χ1v) is 6.15. The molecule has 120 valence electrons. The van der Waals surface area contributed by atoms with E-state index in [1.807, 2.05) is 0 Å². The number of rotatable bonds is 9. The maximum absolute atomic E-state index is 12.1. The van der Waals surface area contributed by atoms with E-state index in [9.17, 15) is 4.79 Å². The molecule has 1 aromatic heterocycles. The van der Waals surface area contributed by atoms with E-state index in [-0.39, 0.29) is 35.6 Å². The van der Waals surface area contributed by atoms with Gasteiger partial charge in [0, 0.05) is 26.7 Å². The second kappa shape index (κ2) is 11.1. The van der Waals surface area contributed by atoms with Crippen LogP contribution in [0.3, 0.4) is 0 Å². The Balaban J connectivity index is 0.00000400. The van der Waals surface area contributed by atoms with Crippen molar-refractivity contribution in [1.29, 1.82) is 0 Å². The van der Waals surface area contributed by atoms with Gasteiger partial charge in [0.25, 0.3) is 5.91 Å². The Morgan fingerprint density at radius 1 is 1.10 bits per heavy atom. The van der Waals surface area contributed by atoms with E-state index < -0.39 is 0 Å². The Kier molecular flexibility index (Phi) is 10.2. The van der Waals surface area contributed by atoms with Crippen LogP contribution in [0.15, 0.2) is 6.33 Å². The molecule has 0 atom stereocenters. The van der Waals surface area contributed by atoms with Crippen LogP contribution in [0.2, 0.25) is 0 Å². The Hall–Kier alpha value is -1.64. The predicted molar refractivity (Wildman–Crippen MR) is 79.5 cm³/mol. The lowest BCUT2D eigenvalue weighted by Gasteiger charge is -2.11. The number of amides is 1. The molecule has 1 rings (SSSR count). The fourth-order valence-corrected chi connectivity index (χ4v) is 1.51. The van der Waals surface area contributed by atoms with Crippen molar-refractivity contribution in [3.05, 3.63) is 11.9 Å². The van der Waals surface area contributed by atoms with Crippen molar-refractivity contribution >= 4 is 18.3 Å². The maximum Gasteiger partial charge on any atom is 0.262 e. The molecule has 2 N–H and O–H groups in total. The number of ether oxygens (including phenoxy) is 3. The molecule has 0 bridgehead atoms. The van der Waals surface area contributed by atoms with Gasteiger partial charge in [-0.1, -0.05) is 0 Å². The van der Waals surface area contributed by atoms with Crippen LogP contribution in [-0.2, 0) is 4.74 Å². The molecule has 0 unspecified atom stereocenters. The number of nitrogens with zero attached hydrogens (tertiary/aromatic N) is 2. The number of carbonyl (C=O) groups excluding carboxylic acids is 1. The van der Waals surface area contributed by atoms with Gasteiger partial charge in [0.05, 0.1) is 20.8 Å². The van der Waals surface area contributed by atoms with Crippen molar-refractivity contribution in [3.8, 4) is 11.8 Å². The van der Waals surface area contributed by atoms with Gasteiger partial charge < -0.3 is 24.8 Å². The van der Waals surface area contributed by atoms with Crippen LogP contribution in [0, 0.1) is 0 Å². The van der Waals surface area contributed by atoms with E-state index in [0.717, 1.165) is 6.54 Å². The zero-order valence-electron chi connectivity index (χ0n) is 12.3. The standard InChI is InChI=1S/C12H20N4O4.ClH/c1-18-7-6-13-4-5-14-10(17)9-11(19-2)15-8-16-12(9)20-3;/h8,13H,4-7H2,1-3H3,(H,14,17);1H. The molecule has 0 aliphatic carbocycles. The van der Waals surface area contributed by atoms with E-state index >= 15 is 0 Å². The number of nitrogens with one attached hydrogen (secondary N) is 2. The first-order valence-electron chi connectivity index (χ1n) is 6.15. The molecule has 1 amide bonds. The van der Waals surface area contributed by atoms with Crippen LogP contribution in [0.1, 0.15) is 10.4 Å². The van der Waals surface area contributed by atoms with Crippen LogP contribution < -0.4 is 20.1 Å². The summed E-state index contributed by atoms with van der Waals surface area (Å²) in [6, 6.07) is 0. The SMILES string of the molecule is COCCNCCNC(=O)c1c(OC)ncnc1OC.Cl. The summed E-state index contributed by atoms with van der Waals surface area (Å²) in [5, 5.41) is 5.86. The van der Waals surface area contributed by atoms with E-state index in [2.05, 4.69) is 20.6 Å². The molecule has 0 aromatic carbocycles. The molecule has 1 aromatic rings. The van der Waals surface area contributed by atoms with Crippen LogP contribution in [0.5, 0.6) is 11.8 Å². The van der Waals surface area contributed by atoms with Crippen LogP contribution in [0.4, 0.5) is 0 Å². The Morgan fingerprint density at radius 2 is 1.71 bits per heavy atom. The molecular formula is C12H21ClN4O4. The predicted octanol–water partition coefficient (Wildman–Crippen LogP) is -0.119. The lowest BCUT2D eigenvalue weighted by Crippen LogP contribution is -2.33. The molecule has 0 aliphatic rings. The fraction of sp³-hybridized carbons (Fsp3) is 0.583. The van der Waals surface area contributed by atoms with Crippen molar-refractivity contribution in [2.45, 2.75) is 0 Å². The van der Waals surface area contributed by atoms with Crippen molar-refractivity contribution in [2.75, 3.05) is 47.6 Å².